The largest absolute Gasteiger partial charge is 0.325 e. The van der Waals surface area contributed by atoms with Crippen molar-refractivity contribution in [3.05, 3.63) is 58.6 Å². The van der Waals surface area contributed by atoms with Crippen molar-refractivity contribution < 1.29 is 13.2 Å². The maximum atomic E-state index is 12.0. The summed E-state index contributed by atoms with van der Waals surface area (Å²) >= 11 is 11.5. The van der Waals surface area contributed by atoms with Gasteiger partial charge in [0.2, 0.25) is 15.9 Å². The van der Waals surface area contributed by atoms with E-state index in [1.807, 2.05) is 0 Å². The summed E-state index contributed by atoms with van der Waals surface area (Å²) in [5, 5.41) is 3.31. The first-order valence-corrected chi connectivity index (χ1v) is 8.41. The van der Waals surface area contributed by atoms with E-state index in [0.717, 1.165) is 0 Å². The molecule has 2 aromatic carbocycles. The number of benzene rings is 2. The average molecular weight is 359 g/mol. The summed E-state index contributed by atoms with van der Waals surface area (Å²) in [4.78, 5) is 11.8. The first kappa shape index (κ1) is 16.8. The van der Waals surface area contributed by atoms with E-state index in [1.54, 1.807) is 30.3 Å². The normalized spacial score (nSPS) is 11.2. The zero-order chi connectivity index (χ0) is 16.2. The molecule has 0 aliphatic rings. The van der Waals surface area contributed by atoms with Gasteiger partial charge < -0.3 is 5.32 Å². The molecule has 5 nitrogen and oxygen atoms in total. The van der Waals surface area contributed by atoms with Crippen LogP contribution in [0.1, 0.15) is 0 Å². The monoisotopic (exact) mass is 358 g/mol. The molecule has 116 valence electrons. The van der Waals surface area contributed by atoms with E-state index in [4.69, 9.17) is 23.2 Å². The molecule has 0 heterocycles. The van der Waals surface area contributed by atoms with Gasteiger partial charge in [-0.2, -0.15) is 0 Å². The minimum atomic E-state index is -3.80. The van der Waals surface area contributed by atoms with Gasteiger partial charge in [-0.05, 0) is 36.4 Å². The Balaban J connectivity index is 1.98. The summed E-state index contributed by atoms with van der Waals surface area (Å²) < 4.78 is 26.3. The predicted octanol–water partition coefficient (Wildman–Crippen LogP) is 2.91. The summed E-state index contributed by atoms with van der Waals surface area (Å²) in [7, 11) is -3.80. The molecule has 0 aromatic heterocycles. The maximum absolute atomic E-state index is 12.0. The molecule has 0 spiro atoms. The molecule has 0 radical (unpaired) electrons. The van der Waals surface area contributed by atoms with Crippen LogP contribution in [0.15, 0.2) is 53.4 Å². The van der Waals surface area contributed by atoms with Gasteiger partial charge in [-0.15, -0.1) is 0 Å². The SMILES string of the molecule is O=C(CNS(=O)(=O)c1cccc(Cl)c1)Nc1cccc(Cl)c1. The molecular weight excluding hydrogens is 347 g/mol. The van der Waals surface area contributed by atoms with Crippen LogP contribution in [0.2, 0.25) is 10.0 Å². The maximum Gasteiger partial charge on any atom is 0.241 e. The van der Waals surface area contributed by atoms with Crippen molar-refractivity contribution in [1.82, 2.24) is 4.72 Å². The minimum Gasteiger partial charge on any atom is -0.325 e. The molecule has 2 rings (SSSR count). The van der Waals surface area contributed by atoms with Crippen LogP contribution in [-0.4, -0.2) is 20.9 Å². The molecule has 0 aliphatic heterocycles. The van der Waals surface area contributed by atoms with E-state index >= 15 is 0 Å². The number of halogens is 2. The van der Waals surface area contributed by atoms with Crippen LogP contribution in [0.5, 0.6) is 0 Å². The fourth-order valence-corrected chi connectivity index (χ4v) is 3.12. The number of hydrogen-bond acceptors (Lipinski definition) is 3. The highest BCUT2D eigenvalue weighted by atomic mass is 35.5. The van der Waals surface area contributed by atoms with E-state index in [-0.39, 0.29) is 4.90 Å². The van der Waals surface area contributed by atoms with Gasteiger partial charge >= 0.3 is 0 Å². The summed E-state index contributed by atoms with van der Waals surface area (Å²) in [6.07, 6.45) is 0. The van der Waals surface area contributed by atoms with Gasteiger partial charge in [-0.25, -0.2) is 13.1 Å². The van der Waals surface area contributed by atoms with E-state index in [9.17, 15) is 13.2 Å². The molecule has 0 unspecified atom stereocenters. The van der Waals surface area contributed by atoms with Crippen molar-refractivity contribution in [2.45, 2.75) is 4.90 Å². The highest BCUT2D eigenvalue weighted by Gasteiger charge is 2.15. The highest BCUT2D eigenvalue weighted by Crippen LogP contribution is 2.16. The Labute approximate surface area is 138 Å². The van der Waals surface area contributed by atoms with Crippen LogP contribution in [0.25, 0.3) is 0 Å². The lowest BCUT2D eigenvalue weighted by molar-refractivity contribution is -0.115. The van der Waals surface area contributed by atoms with Gasteiger partial charge in [0.15, 0.2) is 0 Å². The molecule has 2 aromatic rings. The quantitative estimate of drug-likeness (QED) is 0.862. The van der Waals surface area contributed by atoms with E-state index in [1.165, 1.54) is 18.2 Å². The Morgan fingerprint density at radius 3 is 2.27 bits per heavy atom. The first-order chi connectivity index (χ1) is 10.4. The van der Waals surface area contributed by atoms with E-state index in [2.05, 4.69) is 10.0 Å². The lowest BCUT2D eigenvalue weighted by Gasteiger charge is -2.08. The van der Waals surface area contributed by atoms with Crippen LogP contribution in [-0.2, 0) is 14.8 Å². The van der Waals surface area contributed by atoms with Gasteiger partial charge in [0.1, 0.15) is 0 Å². The number of hydrogen-bond donors (Lipinski definition) is 2. The lowest BCUT2D eigenvalue weighted by Crippen LogP contribution is -2.32. The zero-order valence-corrected chi connectivity index (χ0v) is 13.5. The van der Waals surface area contributed by atoms with Gasteiger partial charge in [-0.3, -0.25) is 4.79 Å². The van der Waals surface area contributed by atoms with E-state index in [0.29, 0.717) is 15.7 Å². The Morgan fingerprint density at radius 2 is 1.64 bits per heavy atom. The van der Waals surface area contributed by atoms with Crippen molar-refractivity contribution in [2.75, 3.05) is 11.9 Å². The second-order valence-electron chi connectivity index (χ2n) is 4.34. The van der Waals surface area contributed by atoms with Gasteiger partial charge in [0, 0.05) is 15.7 Å². The standard InChI is InChI=1S/C14H12Cl2N2O3S/c15-10-3-1-5-12(7-10)18-14(19)9-17-22(20,21)13-6-2-4-11(16)8-13/h1-8,17H,9H2,(H,18,19). The third kappa shape index (κ3) is 4.71. The van der Waals surface area contributed by atoms with Crippen molar-refractivity contribution >= 4 is 44.8 Å². The Hall–Kier alpha value is -1.60. The molecule has 2 N–H and O–H groups in total. The third-order valence-corrected chi connectivity index (χ3v) is 4.51. The molecule has 0 saturated carbocycles. The molecule has 0 fully saturated rings. The van der Waals surface area contributed by atoms with Gasteiger partial charge in [0.05, 0.1) is 11.4 Å². The van der Waals surface area contributed by atoms with Gasteiger partial charge in [0.25, 0.3) is 0 Å². The smallest absolute Gasteiger partial charge is 0.241 e. The highest BCUT2D eigenvalue weighted by molar-refractivity contribution is 7.89. The topological polar surface area (TPSA) is 75.3 Å². The van der Waals surface area contributed by atoms with Crippen molar-refractivity contribution in [1.29, 1.82) is 0 Å². The van der Waals surface area contributed by atoms with Crippen LogP contribution in [0.3, 0.4) is 0 Å². The predicted molar refractivity (Wildman–Crippen MR) is 86.7 cm³/mol. The molecule has 0 saturated heterocycles. The number of amides is 1. The fraction of sp³-hybridized carbons (Fsp3) is 0.0714. The summed E-state index contributed by atoms with van der Waals surface area (Å²) in [6, 6.07) is 12.3. The van der Waals surface area contributed by atoms with Crippen molar-refractivity contribution in [3.8, 4) is 0 Å². The lowest BCUT2D eigenvalue weighted by atomic mass is 10.3. The zero-order valence-electron chi connectivity index (χ0n) is 11.2. The van der Waals surface area contributed by atoms with E-state index < -0.39 is 22.5 Å². The number of nitrogens with one attached hydrogen (secondary N) is 2. The number of anilines is 1. The molecule has 22 heavy (non-hydrogen) atoms. The van der Waals surface area contributed by atoms with Crippen LogP contribution >= 0.6 is 23.2 Å². The van der Waals surface area contributed by atoms with Crippen molar-refractivity contribution in [2.24, 2.45) is 0 Å². The number of carbonyl (C=O) groups excluding carboxylic acids is 1. The molecule has 8 heteroatoms. The number of sulfonamides is 1. The van der Waals surface area contributed by atoms with Crippen LogP contribution in [0, 0.1) is 0 Å². The summed E-state index contributed by atoms with van der Waals surface area (Å²) in [5.74, 6) is -0.507. The summed E-state index contributed by atoms with van der Waals surface area (Å²) in [5.41, 5.74) is 0.486. The third-order valence-electron chi connectivity index (χ3n) is 2.64. The molecule has 1 amide bonds. The van der Waals surface area contributed by atoms with Crippen LogP contribution < -0.4 is 10.0 Å². The van der Waals surface area contributed by atoms with Gasteiger partial charge in [-0.1, -0.05) is 35.3 Å². The number of carbonyl (C=O) groups is 1. The Kier molecular flexibility index (Phi) is 5.42. The molecule has 0 aliphatic carbocycles. The molecule has 0 bridgehead atoms. The molecular formula is C14H12Cl2N2O3S. The minimum absolute atomic E-state index is 0.00412. The fourth-order valence-electron chi connectivity index (χ4n) is 1.65. The number of rotatable bonds is 5. The Bertz CT molecular complexity index is 794. The summed E-state index contributed by atoms with van der Waals surface area (Å²) in [6.45, 7) is -0.401. The second kappa shape index (κ2) is 7.11. The second-order valence-corrected chi connectivity index (χ2v) is 6.98. The van der Waals surface area contributed by atoms with Crippen LogP contribution in [0.4, 0.5) is 5.69 Å². The Morgan fingerprint density at radius 1 is 1.00 bits per heavy atom. The van der Waals surface area contributed by atoms with Crippen molar-refractivity contribution in [3.63, 3.8) is 0 Å². The first-order valence-electron chi connectivity index (χ1n) is 6.17. The molecule has 0 atom stereocenters. The average Bonchev–Trinajstić information content (AvgIpc) is 2.45.